The van der Waals surface area contributed by atoms with Crippen molar-refractivity contribution in [3.8, 4) is 0 Å². The molecule has 0 aromatic carbocycles. The Bertz CT molecular complexity index is 273. The highest BCUT2D eigenvalue weighted by atomic mass is 19.4. The summed E-state index contributed by atoms with van der Waals surface area (Å²) in [6.07, 6.45) is -2.55. The van der Waals surface area contributed by atoms with E-state index in [1.807, 2.05) is 6.92 Å². The van der Waals surface area contributed by atoms with Gasteiger partial charge in [-0.25, -0.2) is 0 Å². The molecule has 0 saturated carbocycles. The van der Waals surface area contributed by atoms with E-state index in [1.165, 1.54) is 4.90 Å². The summed E-state index contributed by atoms with van der Waals surface area (Å²) in [7, 11) is 0. The van der Waals surface area contributed by atoms with Gasteiger partial charge in [0.2, 0.25) is 5.91 Å². The van der Waals surface area contributed by atoms with E-state index < -0.39 is 12.1 Å². The molecule has 1 unspecified atom stereocenters. The second kappa shape index (κ2) is 6.41. The van der Waals surface area contributed by atoms with Gasteiger partial charge in [-0.2, -0.15) is 13.2 Å². The number of carbonyl (C=O) groups excluding carboxylic acids is 1. The molecule has 1 aliphatic heterocycles. The minimum Gasteiger partial charge on any atom is -0.342 e. The van der Waals surface area contributed by atoms with Crippen LogP contribution >= 0.6 is 0 Å². The fraction of sp³-hybridized carbons (Fsp3) is 0.917. The molecule has 0 aliphatic carbocycles. The lowest BCUT2D eigenvalue weighted by Gasteiger charge is -2.34. The molecule has 0 aromatic rings. The molecule has 2 N–H and O–H groups in total. The van der Waals surface area contributed by atoms with Gasteiger partial charge in [-0.15, -0.1) is 0 Å². The monoisotopic (exact) mass is 266 g/mol. The molecular formula is C12H21F3N2O. The van der Waals surface area contributed by atoms with Crippen LogP contribution in [-0.2, 0) is 4.79 Å². The van der Waals surface area contributed by atoms with E-state index in [-0.39, 0.29) is 44.3 Å². The van der Waals surface area contributed by atoms with E-state index in [4.69, 9.17) is 5.73 Å². The van der Waals surface area contributed by atoms with Gasteiger partial charge in [0, 0.05) is 19.6 Å². The predicted molar refractivity (Wildman–Crippen MR) is 62.8 cm³/mol. The number of hydrogen-bond acceptors (Lipinski definition) is 2. The molecule has 0 bridgehead atoms. The lowest BCUT2D eigenvalue weighted by atomic mass is 9.94. The van der Waals surface area contributed by atoms with E-state index in [0.717, 1.165) is 6.42 Å². The molecule has 1 aliphatic rings. The van der Waals surface area contributed by atoms with Crippen LogP contribution in [0.1, 0.15) is 32.6 Å². The summed E-state index contributed by atoms with van der Waals surface area (Å²) in [5.74, 6) is -1.58. The Hall–Kier alpha value is -0.780. The van der Waals surface area contributed by atoms with Crippen molar-refractivity contribution in [3.05, 3.63) is 0 Å². The standard InChI is InChI=1S/C12H21F3N2O/c1-2-3-9(8-16)11(18)17-6-4-10(5-7-17)12(13,14)15/h9-10H,2-8,16H2,1H3. The summed E-state index contributed by atoms with van der Waals surface area (Å²) in [5, 5.41) is 0. The lowest BCUT2D eigenvalue weighted by molar-refractivity contribution is -0.187. The van der Waals surface area contributed by atoms with Gasteiger partial charge in [0.15, 0.2) is 0 Å². The highest BCUT2D eigenvalue weighted by Gasteiger charge is 2.42. The van der Waals surface area contributed by atoms with Gasteiger partial charge in [0.25, 0.3) is 0 Å². The third-order valence-electron chi connectivity index (χ3n) is 3.54. The fourth-order valence-electron chi connectivity index (χ4n) is 2.38. The first-order valence-electron chi connectivity index (χ1n) is 6.45. The number of rotatable bonds is 4. The topological polar surface area (TPSA) is 46.3 Å². The van der Waals surface area contributed by atoms with Crippen LogP contribution in [-0.4, -0.2) is 36.6 Å². The third-order valence-corrected chi connectivity index (χ3v) is 3.54. The molecule has 1 rings (SSSR count). The second-order valence-corrected chi connectivity index (χ2v) is 4.86. The fourth-order valence-corrected chi connectivity index (χ4v) is 2.38. The molecule has 0 spiro atoms. The molecule has 1 saturated heterocycles. The van der Waals surface area contributed by atoms with Crippen LogP contribution in [0.2, 0.25) is 0 Å². The smallest absolute Gasteiger partial charge is 0.342 e. The molecule has 1 atom stereocenters. The van der Waals surface area contributed by atoms with Crippen molar-refractivity contribution in [2.24, 2.45) is 17.6 Å². The Labute approximate surface area is 106 Å². The minimum absolute atomic E-state index is 0.0126. The van der Waals surface area contributed by atoms with Crippen molar-refractivity contribution in [2.75, 3.05) is 19.6 Å². The molecule has 0 radical (unpaired) electrons. The number of likely N-dealkylation sites (tertiary alicyclic amines) is 1. The molecular weight excluding hydrogens is 245 g/mol. The van der Waals surface area contributed by atoms with Gasteiger partial charge < -0.3 is 10.6 Å². The Morgan fingerprint density at radius 3 is 2.33 bits per heavy atom. The number of alkyl halides is 3. The quantitative estimate of drug-likeness (QED) is 0.847. The Kier molecular flexibility index (Phi) is 5.44. The van der Waals surface area contributed by atoms with Gasteiger partial charge in [0.05, 0.1) is 11.8 Å². The van der Waals surface area contributed by atoms with Crippen LogP contribution in [0.25, 0.3) is 0 Å². The highest BCUT2D eigenvalue weighted by Crippen LogP contribution is 2.34. The average molecular weight is 266 g/mol. The largest absolute Gasteiger partial charge is 0.391 e. The Balaban J connectivity index is 2.49. The van der Waals surface area contributed by atoms with Crippen molar-refractivity contribution in [3.63, 3.8) is 0 Å². The van der Waals surface area contributed by atoms with E-state index in [1.54, 1.807) is 0 Å². The maximum atomic E-state index is 12.5. The maximum absolute atomic E-state index is 12.5. The number of hydrogen-bond donors (Lipinski definition) is 1. The van der Waals surface area contributed by atoms with E-state index >= 15 is 0 Å². The van der Waals surface area contributed by atoms with Crippen molar-refractivity contribution >= 4 is 5.91 Å². The van der Waals surface area contributed by atoms with E-state index in [0.29, 0.717) is 6.42 Å². The van der Waals surface area contributed by atoms with Gasteiger partial charge in [-0.1, -0.05) is 13.3 Å². The van der Waals surface area contributed by atoms with E-state index in [9.17, 15) is 18.0 Å². The zero-order valence-corrected chi connectivity index (χ0v) is 10.7. The second-order valence-electron chi connectivity index (χ2n) is 4.86. The van der Waals surface area contributed by atoms with Crippen molar-refractivity contribution in [1.82, 2.24) is 4.90 Å². The van der Waals surface area contributed by atoms with Crippen molar-refractivity contribution < 1.29 is 18.0 Å². The molecule has 1 fully saturated rings. The number of halogens is 3. The predicted octanol–water partition coefficient (Wildman–Crippen LogP) is 2.16. The van der Waals surface area contributed by atoms with Crippen LogP contribution in [0.15, 0.2) is 0 Å². The summed E-state index contributed by atoms with van der Waals surface area (Å²) < 4.78 is 37.5. The zero-order valence-electron chi connectivity index (χ0n) is 10.7. The number of amides is 1. The molecule has 6 heteroatoms. The zero-order chi connectivity index (χ0) is 13.8. The highest BCUT2D eigenvalue weighted by molar-refractivity contribution is 5.79. The summed E-state index contributed by atoms with van der Waals surface area (Å²) in [4.78, 5) is 13.6. The molecule has 18 heavy (non-hydrogen) atoms. The van der Waals surface area contributed by atoms with Gasteiger partial charge >= 0.3 is 6.18 Å². The van der Waals surface area contributed by atoms with E-state index in [2.05, 4.69) is 0 Å². The number of carbonyl (C=O) groups is 1. The average Bonchev–Trinajstić information content (AvgIpc) is 2.34. The number of nitrogens with zero attached hydrogens (tertiary/aromatic N) is 1. The normalized spacial score (nSPS) is 19.9. The van der Waals surface area contributed by atoms with Gasteiger partial charge in [-0.3, -0.25) is 4.79 Å². The molecule has 3 nitrogen and oxygen atoms in total. The maximum Gasteiger partial charge on any atom is 0.391 e. The molecule has 1 amide bonds. The first-order chi connectivity index (χ1) is 8.40. The van der Waals surface area contributed by atoms with Crippen LogP contribution in [0.4, 0.5) is 13.2 Å². The van der Waals surface area contributed by atoms with Crippen LogP contribution < -0.4 is 5.73 Å². The number of piperidine rings is 1. The Morgan fingerprint density at radius 2 is 1.94 bits per heavy atom. The lowest BCUT2D eigenvalue weighted by Crippen LogP contribution is -2.45. The minimum atomic E-state index is -4.13. The summed E-state index contributed by atoms with van der Waals surface area (Å²) in [6, 6.07) is 0. The van der Waals surface area contributed by atoms with Crippen LogP contribution in [0, 0.1) is 11.8 Å². The summed E-state index contributed by atoms with van der Waals surface area (Å²) in [6.45, 7) is 2.63. The van der Waals surface area contributed by atoms with Crippen molar-refractivity contribution in [1.29, 1.82) is 0 Å². The van der Waals surface area contributed by atoms with Gasteiger partial charge in [-0.05, 0) is 19.3 Å². The third kappa shape index (κ3) is 3.86. The Morgan fingerprint density at radius 1 is 1.39 bits per heavy atom. The first kappa shape index (κ1) is 15.3. The summed E-state index contributed by atoms with van der Waals surface area (Å²) in [5.41, 5.74) is 5.54. The van der Waals surface area contributed by atoms with Crippen LogP contribution in [0.3, 0.4) is 0 Å². The number of nitrogens with two attached hydrogens (primary N) is 1. The molecule has 0 aromatic heterocycles. The summed E-state index contributed by atoms with van der Waals surface area (Å²) >= 11 is 0. The van der Waals surface area contributed by atoms with Crippen LogP contribution in [0.5, 0.6) is 0 Å². The van der Waals surface area contributed by atoms with Gasteiger partial charge in [0.1, 0.15) is 0 Å². The van der Waals surface area contributed by atoms with Crippen molar-refractivity contribution in [2.45, 2.75) is 38.8 Å². The molecule has 106 valence electrons. The SMILES string of the molecule is CCCC(CN)C(=O)N1CCC(C(F)(F)F)CC1. The first-order valence-corrected chi connectivity index (χ1v) is 6.45. The molecule has 1 heterocycles.